The van der Waals surface area contributed by atoms with E-state index in [1.807, 2.05) is 11.9 Å². The van der Waals surface area contributed by atoms with Crippen LogP contribution in [0.5, 0.6) is 5.75 Å². The quantitative estimate of drug-likeness (QED) is 0.793. The maximum atomic E-state index is 10.8. The number of likely N-dealkylation sites (N-methyl/N-ethyl adjacent to an activating group) is 1. The summed E-state index contributed by atoms with van der Waals surface area (Å²) in [6.07, 6.45) is 3.08. The largest absolute Gasteiger partial charge is 0.491 e. The molecule has 1 N–H and O–H groups in total. The number of nitrogens with zero attached hydrogens (tertiary/aromatic N) is 2. The van der Waals surface area contributed by atoms with Gasteiger partial charge in [0.15, 0.2) is 0 Å². The van der Waals surface area contributed by atoms with Gasteiger partial charge in [-0.1, -0.05) is 23.2 Å². The predicted molar refractivity (Wildman–Crippen MR) is 96.3 cm³/mol. The van der Waals surface area contributed by atoms with E-state index in [2.05, 4.69) is 4.90 Å². The molecule has 0 aliphatic carbocycles. The van der Waals surface area contributed by atoms with Crippen LogP contribution in [0.3, 0.4) is 0 Å². The minimum absolute atomic E-state index is 0.100. The lowest BCUT2D eigenvalue weighted by Gasteiger charge is -2.25. The standard InChI is InChI=1S/C17H24Cl2N2O3/c1-20(12-17(22)23)14-3-2-7-21(8-6-14)9-10-24-16-5-4-13(18)11-15(16)19/h4-5,11,14H,2-3,6-10,12H2,1H3,(H,22,23). The molecule has 1 saturated heterocycles. The third-order valence-electron chi connectivity index (χ3n) is 4.36. The van der Waals surface area contributed by atoms with E-state index in [4.69, 9.17) is 33.0 Å². The topological polar surface area (TPSA) is 53.0 Å². The molecule has 0 aromatic heterocycles. The van der Waals surface area contributed by atoms with Gasteiger partial charge in [0.25, 0.3) is 0 Å². The van der Waals surface area contributed by atoms with Crippen LogP contribution in [0.25, 0.3) is 0 Å². The number of carboxylic acids is 1. The number of ether oxygens (including phenoxy) is 1. The molecule has 0 saturated carbocycles. The first-order chi connectivity index (χ1) is 11.5. The van der Waals surface area contributed by atoms with Gasteiger partial charge >= 0.3 is 5.97 Å². The Kier molecular flexibility index (Phi) is 7.62. The molecule has 1 aromatic carbocycles. The van der Waals surface area contributed by atoms with E-state index < -0.39 is 5.97 Å². The zero-order valence-electron chi connectivity index (χ0n) is 13.9. The van der Waals surface area contributed by atoms with Gasteiger partial charge in [0.1, 0.15) is 12.4 Å². The molecule has 1 fully saturated rings. The van der Waals surface area contributed by atoms with Crippen LogP contribution >= 0.6 is 23.2 Å². The average molecular weight is 375 g/mol. The molecule has 1 unspecified atom stereocenters. The lowest BCUT2D eigenvalue weighted by atomic mass is 10.1. The zero-order chi connectivity index (χ0) is 17.5. The fourth-order valence-electron chi connectivity index (χ4n) is 3.02. The first-order valence-corrected chi connectivity index (χ1v) is 8.93. The van der Waals surface area contributed by atoms with Gasteiger partial charge in [-0.3, -0.25) is 14.6 Å². The number of hydrogen-bond donors (Lipinski definition) is 1. The number of rotatable bonds is 7. The van der Waals surface area contributed by atoms with Gasteiger partial charge in [0, 0.05) is 17.6 Å². The molecule has 5 nitrogen and oxygen atoms in total. The highest BCUT2D eigenvalue weighted by molar-refractivity contribution is 6.35. The highest BCUT2D eigenvalue weighted by Crippen LogP contribution is 2.27. The van der Waals surface area contributed by atoms with Gasteiger partial charge < -0.3 is 9.84 Å². The Hall–Kier alpha value is -1.01. The van der Waals surface area contributed by atoms with Crippen LogP contribution in [0.4, 0.5) is 0 Å². The zero-order valence-corrected chi connectivity index (χ0v) is 15.4. The van der Waals surface area contributed by atoms with E-state index >= 15 is 0 Å². The smallest absolute Gasteiger partial charge is 0.317 e. The predicted octanol–water partition coefficient (Wildman–Crippen LogP) is 3.24. The van der Waals surface area contributed by atoms with E-state index in [1.165, 1.54) is 0 Å². The number of carbonyl (C=O) groups is 1. The second-order valence-electron chi connectivity index (χ2n) is 6.16. The molecular formula is C17H24Cl2N2O3. The van der Waals surface area contributed by atoms with Crippen LogP contribution in [0.2, 0.25) is 10.0 Å². The van der Waals surface area contributed by atoms with E-state index in [0.717, 1.165) is 38.9 Å². The summed E-state index contributed by atoms with van der Waals surface area (Å²) in [5.41, 5.74) is 0. The number of benzene rings is 1. The minimum Gasteiger partial charge on any atom is -0.491 e. The molecule has 1 atom stereocenters. The third-order valence-corrected chi connectivity index (χ3v) is 4.89. The van der Waals surface area contributed by atoms with Crippen LogP contribution in [-0.4, -0.2) is 66.8 Å². The monoisotopic (exact) mass is 374 g/mol. The van der Waals surface area contributed by atoms with Gasteiger partial charge in [0.2, 0.25) is 0 Å². The summed E-state index contributed by atoms with van der Waals surface area (Å²) in [5.74, 6) is -0.123. The van der Waals surface area contributed by atoms with Gasteiger partial charge in [-0.15, -0.1) is 0 Å². The van der Waals surface area contributed by atoms with Crippen molar-refractivity contribution < 1.29 is 14.6 Å². The summed E-state index contributed by atoms with van der Waals surface area (Å²) >= 11 is 12.0. The molecule has 0 radical (unpaired) electrons. The second kappa shape index (κ2) is 9.47. The molecule has 1 heterocycles. The van der Waals surface area contributed by atoms with Crippen LogP contribution in [0, 0.1) is 0 Å². The van der Waals surface area contributed by atoms with Crippen molar-refractivity contribution in [2.75, 3.05) is 39.8 Å². The van der Waals surface area contributed by atoms with E-state index in [-0.39, 0.29) is 6.54 Å². The molecular weight excluding hydrogens is 351 g/mol. The SMILES string of the molecule is CN(CC(=O)O)C1CCCN(CCOc2ccc(Cl)cc2Cl)CC1. The van der Waals surface area contributed by atoms with Crippen LogP contribution in [0.15, 0.2) is 18.2 Å². The van der Waals surface area contributed by atoms with Gasteiger partial charge in [-0.25, -0.2) is 0 Å². The van der Waals surface area contributed by atoms with Crippen LogP contribution < -0.4 is 4.74 Å². The van der Waals surface area contributed by atoms with E-state index in [9.17, 15) is 4.79 Å². The number of aliphatic carboxylic acids is 1. The van der Waals surface area contributed by atoms with Crippen molar-refractivity contribution in [2.24, 2.45) is 0 Å². The number of carboxylic acid groups (broad SMARTS) is 1. The third kappa shape index (κ3) is 6.13. The Morgan fingerprint density at radius 2 is 2.17 bits per heavy atom. The van der Waals surface area contributed by atoms with Crippen LogP contribution in [-0.2, 0) is 4.79 Å². The molecule has 0 spiro atoms. The molecule has 1 aliphatic heterocycles. The summed E-state index contributed by atoms with van der Waals surface area (Å²) in [7, 11) is 1.89. The molecule has 1 aliphatic rings. The van der Waals surface area contributed by atoms with Gasteiger partial charge in [-0.2, -0.15) is 0 Å². The first kappa shape index (κ1) is 19.3. The summed E-state index contributed by atoms with van der Waals surface area (Å²) in [4.78, 5) is 15.1. The summed E-state index contributed by atoms with van der Waals surface area (Å²) < 4.78 is 5.74. The highest BCUT2D eigenvalue weighted by atomic mass is 35.5. The molecule has 2 rings (SSSR count). The molecule has 24 heavy (non-hydrogen) atoms. The van der Waals surface area contributed by atoms with Crippen molar-refractivity contribution in [3.8, 4) is 5.75 Å². The minimum atomic E-state index is -0.771. The maximum absolute atomic E-state index is 10.8. The van der Waals surface area contributed by atoms with Crippen molar-refractivity contribution in [1.82, 2.24) is 9.80 Å². The van der Waals surface area contributed by atoms with E-state index in [1.54, 1.807) is 18.2 Å². The van der Waals surface area contributed by atoms with Crippen molar-refractivity contribution in [2.45, 2.75) is 25.3 Å². The second-order valence-corrected chi connectivity index (χ2v) is 7.00. The van der Waals surface area contributed by atoms with Crippen molar-refractivity contribution >= 4 is 29.2 Å². The van der Waals surface area contributed by atoms with Gasteiger partial charge in [-0.05, 0) is 57.6 Å². The molecule has 7 heteroatoms. The summed E-state index contributed by atoms with van der Waals surface area (Å²) in [5, 5.41) is 10.0. The Balaban J connectivity index is 1.75. The van der Waals surface area contributed by atoms with Crippen LogP contribution in [0.1, 0.15) is 19.3 Å². The molecule has 1 aromatic rings. The normalized spacial score (nSPS) is 19.2. The fourth-order valence-corrected chi connectivity index (χ4v) is 3.49. The lowest BCUT2D eigenvalue weighted by Crippen LogP contribution is -2.37. The van der Waals surface area contributed by atoms with Crippen molar-refractivity contribution in [3.63, 3.8) is 0 Å². The lowest BCUT2D eigenvalue weighted by molar-refractivity contribution is -0.138. The molecule has 0 amide bonds. The Bertz CT molecular complexity index is 557. The van der Waals surface area contributed by atoms with Crippen molar-refractivity contribution in [1.29, 1.82) is 0 Å². The Morgan fingerprint density at radius 3 is 2.88 bits per heavy atom. The Morgan fingerprint density at radius 1 is 1.38 bits per heavy atom. The van der Waals surface area contributed by atoms with E-state index in [0.29, 0.717) is 28.4 Å². The first-order valence-electron chi connectivity index (χ1n) is 8.18. The maximum Gasteiger partial charge on any atom is 0.317 e. The number of halogens is 2. The number of likely N-dealkylation sites (tertiary alicyclic amines) is 1. The summed E-state index contributed by atoms with van der Waals surface area (Å²) in [6, 6.07) is 5.55. The highest BCUT2D eigenvalue weighted by Gasteiger charge is 2.21. The van der Waals surface area contributed by atoms with Gasteiger partial charge in [0.05, 0.1) is 11.6 Å². The van der Waals surface area contributed by atoms with Crippen molar-refractivity contribution in [3.05, 3.63) is 28.2 Å². The number of hydrogen-bond acceptors (Lipinski definition) is 4. The summed E-state index contributed by atoms with van der Waals surface area (Å²) in [6.45, 7) is 3.45. The molecule has 0 bridgehead atoms. The molecule has 134 valence electrons. The fraction of sp³-hybridized carbons (Fsp3) is 0.588. The Labute approximate surface area is 153 Å². The average Bonchev–Trinajstić information content (AvgIpc) is 2.74.